The Balaban J connectivity index is 1.51. The van der Waals surface area contributed by atoms with Gasteiger partial charge in [0.05, 0.1) is 6.54 Å². The van der Waals surface area contributed by atoms with E-state index < -0.39 is 0 Å². The first-order chi connectivity index (χ1) is 14.0. The Hall–Kier alpha value is -3.06. The molecule has 2 aromatic rings. The summed E-state index contributed by atoms with van der Waals surface area (Å²) < 4.78 is 0. The van der Waals surface area contributed by atoms with E-state index in [9.17, 15) is 9.59 Å². The van der Waals surface area contributed by atoms with Crippen LogP contribution in [0.4, 0.5) is 0 Å². The van der Waals surface area contributed by atoms with Gasteiger partial charge in [-0.3, -0.25) is 14.6 Å². The zero-order valence-electron chi connectivity index (χ0n) is 16.2. The molecule has 0 aromatic heterocycles. The fraction of sp³-hybridized carbons (Fsp3) is 0.286. The van der Waals surface area contributed by atoms with E-state index in [1.807, 2.05) is 36.4 Å². The van der Waals surface area contributed by atoms with Gasteiger partial charge in [-0.2, -0.15) is 0 Å². The van der Waals surface area contributed by atoms with E-state index in [-0.39, 0.29) is 18.4 Å². The number of benzene rings is 2. The number of nitrogens with one attached hydrogen (secondary N) is 3. The van der Waals surface area contributed by atoms with E-state index >= 15 is 0 Å². The van der Waals surface area contributed by atoms with Crippen molar-refractivity contribution in [3.63, 3.8) is 0 Å². The quantitative estimate of drug-likeness (QED) is 0.515. The molecule has 0 atom stereocenters. The van der Waals surface area contributed by atoms with E-state index in [2.05, 4.69) is 20.9 Å². The van der Waals surface area contributed by atoms with Crippen molar-refractivity contribution < 1.29 is 9.59 Å². The smallest absolute Gasteiger partial charge is 0.254 e. The lowest BCUT2D eigenvalue weighted by atomic mass is 10.1. The Bertz CT molecular complexity index is 898. The predicted molar refractivity (Wildman–Crippen MR) is 114 cm³/mol. The van der Waals surface area contributed by atoms with Gasteiger partial charge in [-0.15, -0.1) is 0 Å². The van der Waals surface area contributed by atoms with Crippen molar-refractivity contribution in [2.24, 2.45) is 4.99 Å². The molecule has 0 bridgehead atoms. The molecule has 2 aromatic carbocycles. The highest BCUT2D eigenvalue weighted by Crippen LogP contribution is 2.11. The van der Waals surface area contributed by atoms with Gasteiger partial charge in [0, 0.05) is 43.8 Å². The maximum absolute atomic E-state index is 12.5. The minimum absolute atomic E-state index is 0.108. The molecule has 29 heavy (non-hydrogen) atoms. The zero-order valence-corrected chi connectivity index (χ0v) is 17.0. The minimum Gasteiger partial charge on any atom is -0.353 e. The number of piperazine rings is 1. The van der Waals surface area contributed by atoms with Crippen LogP contribution in [0.2, 0.25) is 5.02 Å². The fourth-order valence-electron chi connectivity index (χ4n) is 3.00. The van der Waals surface area contributed by atoms with Gasteiger partial charge in [-0.1, -0.05) is 35.9 Å². The summed E-state index contributed by atoms with van der Waals surface area (Å²) in [4.78, 5) is 29.7. The van der Waals surface area contributed by atoms with E-state index in [0.29, 0.717) is 42.7 Å². The summed E-state index contributed by atoms with van der Waals surface area (Å²) in [7, 11) is 1.71. The minimum atomic E-state index is -0.127. The van der Waals surface area contributed by atoms with E-state index in [1.54, 1.807) is 24.1 Å². The molecule has 0 radical (unpaired) electrons. The molecular weight excluding hydrogens is 390 g/mol. The van der Waals surface area contributed by atoms with Crippen LogP contribution in [0.15, 0.2) is 53.5 Å². The zero-order chi connectivity index (χ0) is 20.6. The maximum Gasteiger partial charge on any atom is 0.254 e. The summed E-state index contributed by atoms with van der Waals surface area (Å²) in [6.07, 6.45) is 0. The SMILES string of the molecule is CN=C(NCc1ccc(C(=O)N2CCNC(=O)C2)cc1)NCc1cccc(Cl)c1. The van der Waals surface area contributed by atoms with Crippen LogP contribution >= 0.6 is 11.6 Å². The third-order valence-electron chi connectivity index (χ3n) is 4.56. The second-order valence-electron chi connectivity index (χ2n) is 6.68. The van der Waals surface area contributed by atoms with Crippen molar-refractivity contribution in [1.29, 1.82) is 0 Å². The van der Waals surface area contributed by atoms with Gasteiger partial charge in [0.1, 0.15) is 0 Å². The van der Waals surface area contributed by atoms with Crippen molar-refractivity contribution in [1.82, 2.24) is 20.9 Å². The highest BCUT2D eigenvalue weighted by molar-refractivity contribution is 6.30. The monoisotopic (exact) mass is 413 g/mol. The predicted octanol–water partition coefficient (Wildman–Crippen LogP) is 1.78. The number of hydrogen-bond acceptors (Lipinski definition) is 3. The first-order valence-corrected chi connectivity index (χ1v) is 9.77. The second-order valence-corrected chi connectivity index (χ2v) is 7.12. The van der Waals surface area contributed by atoms with Crippen LogP contribution in [0.1, 0.15) is 21.5 Å². The number of guanidine groups is 1. The van der Waals surface area contributed by atoms with Gasteiger partial charge < -0.3 is 20.9 Å². The van der Waals surface area contributed by atoms with Crippen LogP contribution < -0.4 is 16.0 Å². The molecule has 0 saturated carbocycles. The lowest BCUT2D eigenvalue weighted by molar-refractivity contribution is -0.123. The number of carbonyl (C=O) groups excluding carboxylic acids is 2. The maximum atomic E-state index is 12.5. The van der Waals surface area contributed by atoms with E-state index in [1.165, 1.54) is 0 Å². The third kappa shape index (κ3) is 5.96. The van der Waals surface area contributed by atoms with Crippen LogP contribution in [-0.4, -0.2) is 49.4 Å². The van der Waals surface area contributed by atoms with Crippen molar-refractivity contribution in [2.45, 2.75) is 13.1 Å². The Morgan fingerprint density at radius 1 is 1.14 bits per heavy atom. The summed E-state index contributed by atoms with van der Waals surface area (Å²) in [6, 6.07) is 15.0. The van der Waals surface area contributed by atoms with Gasteiger partial charge in [0.2, 0.25) is 5.91 Å². The first-order valence-electron chi connectivity index (χ1n) is 9.39. The van der Waals surface area contributed by atoms with Gasteiger partial charge in [-0.25, -0.2) is 0 Å². The normalized spacial score (nSPS) is 14.3. The summed E-state index contributed by atoms with van der Waals surface area (Å²) in [5, 5.41) is 9.91. The van der Waals surface area contributed by atoms with Gasteiger partial charge in [0.15, 0.2) is 5.96 Å². The summed E-state index contributed by atoms with van der Waals surface area (Å²) in [5.41, 5.74) is 2.66. The topological polar surface area (TPSA) is 85.8 Å². The number of rotatable bonds is 5. The molecule has 3 rings (SSSR count). The lowest BCUT2D eigenvalue weighted by Gasteiger charge is -2.26. The Morgan fingerprint density at radius 3 is 2.52 bits per heavy atom. The van der Waals surface area contributed by atoms with Crippen LogP contribution in [0.3, 0.4) is 0 Å². The molecule has 0 aliphatic carbocycles. The highest BCUT2D eigenvalue weighted by atomic mass is 35.5. The van der Waals surface area contributed by atoms with Crippen molar-refractivity contribution in [3.05, 3.63) is 70.2 Å². The number of halogens is 1. The van der Waals surface area contributed by atoms with Gasteiger partial charge >= 0.3 is 0 Å². The molecule has 1 fully saturated rings. The molecular formula is C21H24ClN5O2. The number of carbonyl (C=O) groups is 2. The van der Waals surface area contributed by atoms with E-state index in [0.717, 1.165) is 11.1 Å². The van der Waals surface area contributed by atoms with Crippen molar-refractivity contribution in [2.75, 3.05) is 26.7 Å². The van der Waals surface area contributed by atoms with Crippen molar-refractivity contribution >= 4 is 29.4 Å². The van der Waals surface area contributed by atoms with Crippen molar-refractivity contribution in [3.8, 4) is 0 Å². The largest absolute Gasteiger partial charge is 0.353 e. The molecule has 2 amide bonds. The van der Waals surface area contributed by atoms with Crippen LogP contribution in [0.5, 0.6) is 0 Å². The first kappa shape index (κ1) is 20.7. The van der Waals surface area contributed by atoms with Gasteiger partial charge in [-0.05, 0) is 35.4 Å². The molecule has 1 saturated heterocycles. The molecule has 152 valence electrons. The molecule has 0 spiro atoms. The average molecular weight is 414 g/mol. The molecule has 1 aliphatic heterocycles. The number of aliphatic imine (C=N–C) groups is 1. The summed E-state index contributed by atoms with van der Waals surface area (Å²) in [6.45, 7) is 2.31. The number of amides is 2. The standard InChI is InChI=1S/C21H24ClN5O2/c1-23-21(26-13-16-3-2-4-18(22)11-16)25-12-15-5-7-17(8-6-15)20(29)27-10-9-24-19(28)14-27/h2-8,11H,9-10,12-14H2,1H3,(H,24,28)(H2,23,25,26). The highest BCUT2D eigenvalue weighted by Gasteiger charge is 2.22. The Kier molecular flexibility index (Phi) is 7.08. The van der Waals surface area contributed by atoms with Crippen LogP contribution in [0.25, 0.3) is 0 Å². The Labute approximate surface area is 175 Å². The average Bonchev–Trinajstić information content (AvgIpc) is 2.74. The second kappa shape index (κ2) is 9.93. The number of nitrogens with zero attached hydrogens (tertiary/aromatic N) is 2. The number of hydrogen-bond donors (Lipinski definition) is 3. The fourth-order valence-corrected chi connectivity index (χ4v) is 3.21. The Morgan fingerprint density at radius 2 is 1.86 bits per heavy atom. The third-order valence-corrected chi connectivity index (χ3v) is 4.79. The van der Waals surface area contributed by atoms with Crippen LogP contribution in [-0.2, 0) is 17.9 Å². The summed E-state index contributed by atoms with van der Waals surface area (Å²) >= 11 is 6.01. The van der Waals surface area contributed by atoms with Gasteiger partial charge in [0.25, 0.3) is 5.91 Å². The molecule has 8 heteroatoms. The molecule has 0 unspecified atom stereocenters. The molecule has 1 aliphatic rings. The van der Waals surface area contributed by atoms with Crippen LogP contribution in [0, 0.1) is 0 Å². The summed E-state index contributed by atoms with van der Waals surface area (Å²) in [5.74, 6) is 0.421. The van der Waals surface area contributed by atoms with E-state index in [4.69, 9.17) is 11.6 Å². The molecule has 3 N–H and O–H groups in total. The molecule has 1 heterocycles. The molecule has 7 nitrogen and oxygen atoms in total. The lowest BCUT2D eigenvalue weighted by Crippen LogP contribution is -2.49.